The zero-order chi connectivity index (χ0) is 23.9. The minimum Gasteiger partial charge on any atom is -0.497 e. The van der Waals surface area contributed by atoms with Gasteiger partial charge >= 0.3 is 11.9 Å². The van der Waals surface area contributed by atoms with E-state index in [2.05, 4.69) is 0 Å². The summed E-state index contributed by atoms with van der Waals surface area (Å²) in [5, 5.41) is 0. The van der Waals surface area contributed by atoms with E-state index in [0.717, 1.165) is 62.9 Å². The molecule has 0 atom stereocenters. The molecule has 0 heterocycles. The predicted octanol–water partition coefficient (Wildman–Crippen LogP) is 5.84. The fourth-order valence-corrected chi connectivity index (χ4v) is 5.25. The molecule has 2 aliphatic carbocycles. The molecule has 2 saturated carbocycles. The highest BCUT2D eigenvalue weighted by Gasteiger charge is 2.33. The van der Waals surface area contributed by atoms with Crippen LogP contribution in [0.2, 0.25) is 0 Å². The number of methoxy groups -OCH3 is 2. The van der Waals surface area contributed by atoms with Crippen molar-refractivity contribution >= 4 is 11.9 Å². The van der Waals surface area contributed by atoms with Crippen LogP contribution in [0.25, 0.3) is 0 Å². The van der Waals surface area contributed by atoms with Gasteiger partial charge in [-0.15, -0.1) is 0 Å². The molecule has 0 spiro atoms. The van der Waals surface area contributed by atoms with Gasteiger partial charge in [-0.2, -0.15) is 0 Å². The van der Waals surface area contributed by atoms with Crippen LogP contribution < -0.4 is 9.47 Å². The number of hydrogen-bond donors (Lipinski definition) is 0. The molecule has 34 heavy (non-hydrogen) atoms. The maximum atomic E-state index is 12.4. The minimum absolute atomic E-state index is 0.00681. The minimum atomic E-state index is -0.259. The van der Waals surface area contributed by atoms with Gasteiger partial charge in [0.25, 0.3) is 0 Å². The number of hydrogen-bond acceptors (Lipinski definition) is 6. The third-order valence-electron chi connectivity index (χ3n) is 7.30. The van der Waals surface area contributed by atoms with Crippen molar-refractivity contribution in [3.05, 3.63) is 59.7 Å². The molecule has 0 aliphatic heterocycles. The van der Waals surface area contributed by atoms with Crippen LogP contribution in [0.5, 0.6) is 11.5 Å². The molecule has 182 valence electrons. The van der Waals surface area contributed by atoms with Crippen molar-refractivity contribution in [2.24, 2.45) is 11.8 Å². The highest BCUT2D eigenvalue weighted by atomic mass is 16.5. The van der Waals surface area contributed by atoms with Crippen LogP contribution in [0.1, 0.15) is 72.1 Å². The van der Waals surface area contributed by atoms with Crippen LogP contribution in [0.15, 0.2) is 48.5 Å². The van der Waals surface area contributed by atoms with Gasteiger partial charge in [-0.05, 0) is 112 Å². The van der Waals surface area contributed by atoms with Crippen molar-refractivity contribution in [1.82, 2.24) is 0 Å². The van der Waals surface area contributed by atoms with Crippen LogP contribution in [0.4, 0.5) is 0 Å². The Morgan fingerprint density at radius 2 is 0.882 bits per heavy atom. The van der Waals surface area contributed by atoms with Gasteiger partial charge in [0, 0.05) is 0 Å². The van der Waals surface area contributed by atoms with E-state index in [9.17, 15) is 9.59 Å². The van der Waals surface area contributed by atoms with E-state index in [4.69, 9.17) is 18.9 Å². The molecule has 2 fully saturated rings. The van der Waals surface area contributed by atoms with Gasteiger partial charge in [-0.3, -0.25) is 0 Å². The van der Waals surface area contributed by atoms with Gasteiger partial charge in [-0.25, -0.2) is 9.59 Å². The Morgan fingerprint density at radius 1 is 0.559 bits per heavy atom. The standard InChI is InChI=1S/C28H34O6/c1-31-23-11-7-21(8-12-23)27(29)33-25-15-3-19(4-16-25)20-5-17-26(18-6-20)34-28(30)22-9-13-24(32-2)14-10-22/h7-14,19-20,25-26H,3-6,15-18H2,1-2H3. The van der Waals surface area contributed by atoms with Crippen LogP contribution in [0.3, 0.4) is 0 Å². The van der Waals surface area contributed by atoms with E-state index in [-0.39, 0.29) is 24.1 Å². The molecule has 0 amide bonds. The highest BCUT2D eigenvalue weighted by molar-refractivity contribution is 5.90. The quantitative estimate of drug-likeness (QED) is 0.478. The Hall–Kier alpha value is -3.02. The second kappa shape index (κ2) is 11.4. The van der Waals surface area contributed by atoms with Crippen LogP contribution in [-0.2, 0) is 9.47 Å². The van der Waals surface area contributed by atoms with Crippen LogP contribution in [0, 0.1) is 11.8 Å². The first-order valence-electron chi connectivity index (χ1n) is 12.3. The second-order valence-electron chi connectivity index (χ2n) is 9.34. The molecule has 6 nitrogen and oxygen atoms in total. The number of rotatable bonds is 7. The highest BCUT2D eigenvalue weighted by Crippen LogP contribution is 2.40. The molecule has 0 N–H and O–H groups in total. The third kappa shape index (κ3) is 6.10. The lowest BCUT2D eigenvalue weighted by molar-refractivity contribution is -0.000153. The maximum absolute atomic E-state index is 12.4. The normalized spacial score (nSPS) is 24.6. The van der Waals surface area contributed by atoms with Gasteiger partial charge in [0.05, 0.1) is 25.3 Å². The SMILES string of the molecule is COc1ccc(C(=O)OC2CCC(C3CCC(OC(=O)c4ccc(OC)cc4)CC3)CC2)cc1. The molecule has 0 radical (unpaired) electrons. The first kappa shape index (κ1) is 24.1. The molecule has 2 aromatic carbocycles. The number of ether oxygens (including phenoxy) is 4. The summed E-state index contributed by atoms with van der Waals surface area (Å²) in [5.41, 5.74) is 1.12. The Kier molecular flexibility index (Phi) is 8.09. The zero-order valence-corrected chi connectivity index (χ0v) is 20.0. The fraction of sp³-hybridized carbons (Fsp3) is 0.500. The predicted molar refractivity (Wildman–Crippen MR) is 128 cm³/mol. The summed E-state index contributed by atoms with van der Waals surface area (Å²) < 4.78 is 21.8. The Morgan fingerprint density at radius 3 is 1.18 bits per heavy atom. The molecule has 6 heteroatoms. The first-order chi connectivity index (χ1) is 16.6. The van der Waals surface area contributed by atoms with E-state index in [1.807, 2.05) is 0 Å². The van der Waals surface area contributed by atoms with E-state index < -0.39 is 0 Å². The Bertz CT molecular complexity index is 856. The lowest BCUT2D eigenvalue weighted by atomic mass is 9.72. The average Bonchev–Trinajstić information content (AvgIpc) is 2.89. The Balaban J connectivity index is 1.17. The van der Waals surface area contributed by atoms with Crippen LogP contribution in [-0.4, -0.2) is 38.4 Å². The molecule has 0 bridgehead atoms. The van der Waals surface area contributed by atoms with Crippen molar-refractivity contribution in [2.45, 2.75) is 63.6 Å². The summed E-state index contributed by atoms with van der Waals surface area (Å²) in [6.45, 7) is 0. The number of esters is 2. The molecule has 0 unspecified atom stereocenters. The molecule has 0 saturated heterocycles. The van der Waals surface area contributed by atoms with Crippen molar-refractivity contribution in [2.75, 3.05) is 14.2 Å². The number of carbonyl (C=O) groups is 2. The molecular formula is C28H34O6. The van der Waals surface area contributed by atoms with E-state index in [1.165, 1.54) is 0 Å². The summed E-state index contributed by atoms with van der Waals surface area (Å²) in [5.74, 6) is 2.25. The van der Waals surface area contributed by atoms with Gasteiger partial charge < -0.3 is 18.9 Å². The fourth-order valence-electron chi connectivity index (χ4n) is 5.25. The van der Waals surface area contributed by atoms with E-state index >= 15 is 0 Å². The van der Waals surface area contributed by atoms with Crippen LogP contribution >= 0.6 is 0 Å². The van der Waals surface area contributed by atoms with Gasteiger partial charge in [-0.1, -0.05) is 0 Å². The van der Waals surface area contributed by atoms with Crippen molar-refractivity contribution < 1.29 is 28.5 Å². The monoisotopic (exact) mass is 466 g/mol. The average molecular weight is 467 g/mol. The summed E-state index contributed by atoms with van der Waals surface area (Å²) in [7, 11) is 3.21. The van der Waals surface area contributed by atoms with Crippen molar-refractivity contribution in [1.29, 1.82) is 0 Å². The number of carbonyl (C=O) groups excluding carboxylic acids is 2. The van der Waals surface area contributed by atoms with Gasteiger partial charge in [0.15, 0.2) is 0 Å². The van der Waals surface area contributed by atoms with E-state index in [1.54, 1.807) is 62.8 Å². The summed E-state index contributed by atoms with van der Waals surface area (Å²) in [6.07, 6.45) is 7.99. The molecule has 0 aromatic heterocycles. The van der Waals surface area contributed by atoms with Gasteiger partial charge in [0.2, 0.25) is 0 Å². The lowest BCUT2D eigenvalue weighted by Crippen LogP contribution is -2.32. The third-order valence-corrected chi connectivity index (χ3v) is 7.30. The van der Waals surface area contributed by atoms with Gasteiger partial charge in [0.1, 0.15) is 23.7 Å². The molecular weight excluding hydrogens is 432 g/mol. The second-order valence-corrected chi connectivity index (χ2v) is 9.34. The molecule has 4 rings (SSSR count). The maximum Gasteiger partial charge on any atom is 0.338 e. The van der Waals surface area contributed by atoms with Crippen molar-refractivity contribution in [3.63, 3.8) is 0 Å². The lowest BCUT2D eigenvalue weighted by Gasteiger charge is -2.37. The first-order valence-corrected chi connectivity index (χ1v) is 12.3. The Labute approximate surface area is 201 Å². The zero-order valence-electron chi connectivity index (χ0n) is 20.0. The number of benzene rings is 2. The summed E-state index contributed by atoms with van der Waals surface area (Å²) in [4.78, 5) is 24.9. The molecule has 2 aliphatic rings. The van der Waals surface area contributed by atoms with Crippen molar-refractivity contribution in [3.8, 4) is 11.5 Å². The topological polar surface area (TPSA) is 71.1 Å². The molecule has 2 aromatic rings. The largest absolute Gasteiger partial charge is 0.497 e. The van der Waals surface area contributed by atoms with E-state index in [0.29, 0.717) is 23.0 Å². The summed E-state index contributed by atoms with van der Waals surface area (Å²) in [6, 6.07) is 14.1. The smallest absolute Gasteiger partial charge is 0.338 e. The summed E-state index contributed by atoms with van der Waals surface area (Å²) >= 11 is 0.